The number of rotatable bonds is 8. The van der Waals surface area contributed by atoms with Crippen molar-refractivity contribution in [3.63, 3.8) is 0 Å². The maximum atomic E-state index is 15.7. The van der Waals surface area contributed by atoms with Crippen LogP contribution >= 0.6 is 11.3 Å². The Hall–Kier alpha value is -3.16. The van der Waals surface area contributed by atoms with E-state index in [1.54, 1.807) is 6.20 Å². The molecule has 3 heterocycles. The molecule has 0 radical (unpaired) electrons. The lowest BCUT2D eigenvalue weighted by molar-refractivity contribution is -0.145. The van der Waals surface area contributed by atoms with Crippen LogP contribution in [0.4, 0.5) is 17.6 Å². The van der Waals surface area contributed by atoms with Gasteiger partial charge in [-0.1, -0.05) is 6.92 Å². The fourth-order valence-corrected chi connectivity index (χ4v) is 4.68. The Morgan fingerprint density at radius 2 is 2.00 bits per heavy atom. The zero-order chi connectivity index (χ0) is 27.4. The molecule has 0 bridgehead atoms. The van der Waals surface area contributed by atoms with Gasteiger partial charge < -0.3 is 19.7 Å². The number of aromatic nitrogens is 3. The molecule has 0 spiro atoms. The molecule has 1 saturated heterocycles. The fraction of sp³-hybridized carbons (Fsp3) is 0.440. The first-order valence-electron chi connectivity index (χ1n) is 12.0. The number of ether oxygens (including phenoxy) is 2. The van der Waals surface area contributed by atoms with Crippen molar-refractivity contribution in [3.05, 3.63) is 58.4 Å². The van der Waals surface area contributed by atoms with Gasteiger partial charge in [0.05, 0.1) is 23.8 Å². The molecule has 1 fully saturated rings. The molecular formula is C25H27F4N5O3S. The molecule has 204 valence electrons. The van der Waals surface area contributed by atoms with Crippen molar-refractivity contribution in [1.82, 2.24) is 25.2 Å². The molecule has 1 aromatic carbocycles. The minimum Gasteiger partial charge on any atom is -0.491 e. The van der Waals surface area contributed by atoms with Crippen LogP contribution in [-0.2, 0) is 17.3 Å². The molecule has 1 N–H and O–H groups in total. The van der Waals surface area contributed by atoms with Crippen molar-refractivity contribution in [2.24, 2.45) is 0 Å². The number of hydrogen-bond donors (Lipinski definition) is 1. The monoisotopic (exact) mass is 553 g/mol. The fourth-order valence-electron chi connectivity index (χ4n) is 3.82. The molecule has 2 atom stereocenters. The molecule has 0 saturated carbocycles. The lowest BCUT2D eigenvalue weighted by atomic mass is 10.1. The Morgan fingerprint density at radius 3 is 2.63 bits per heavy atom. The summed E-state index contributed by atoms with van der Waals surface area (Å²) in [6, 6.07) is 2.00. The van der Waals surface area contributed by atoms with Gasteiger partial charge >= 0.3 is 6.18 Å². The first kappa shape index (κ1) is 27.9. The Balaban J connectivity index is 1.58. The van der Waals surface area contributed by atoms with Crippen molar-refractivity contribution >= 4 is 17.2 Å². The Morgan fingerprint density at radius 1 is 1.26 bits per heavy atom. The van der Waals surface area contributed by atoms with E-state index in [4.69, 9.17) is 9.47 Å². The lowest BCUT2D eigenvalue weighted by Gasteiger charge is -2.29. The van der Waals surface area contributed by atoms with Crippen LogP contribution < -0.4 is 10.1 Å². The molecule has 3 aromatic rings. The highest BCUT2D eigenvalue weighted by Gasteiger charge is 2.34. The maximum absolute atomic E-state index is 15.7. The number of likely N-dealkylation sites (N-methyl/N-ethyl adjacent to an activating group) is 1. The quantitative estimate of drug-likeness (QED) is 0.411. The molecule has 1 aliphatic rings. The van der Waals surface area contributed by atoms with E-state index in [1.807, 2.05) is 14.0 Å². The van der Waals surface area contributed by atoms with Crippen molar-refractivity contribution in [1.29, 1.82) is 0 Å². The average molecular weight is 554 g/mol. The molecule has 4 rings (SSSR count). The van der Waals surface area contributed by atoms with Crippen LogP contribution in [0.15, 0.2) is 30.7 Å². The summed E-state index contributed by atoms with van der Waals surface area (Å²) >= 11 is 1.31. The van der Waals surface area contributed by atoms with E-state index in [1.165, 1.54) is 30.4 Å². The third-order valence-corrected chi connectivity index (χ3v) is 7.15. The van der Waals surface area contributed by atoms with Gasteiger partial charge in [-0.2, -0.15) is 13.2 Å². The van der Waals surface area contributed by atoms with Crippen LogP contribution in [0.25, 0.3) is 10.6 Å². The number of halogens is 4. The van der Waals surface area contributed by atoms with E-state index in [2.05, 4.69) is 25.2 Å². The number of morpholine rings is 1. The highest BCUT2D eigenvalue weighted by molar-refractivity contribution is 7.15. The summed E-state index contributed by atoms with van der Waals surface area (Å²) in [6.45, 7) is 5.74. The largest absolute Gasteiger partial charge is 0.491 e. The molecular weight excluding hydrogens is 526 g/mol. The van der Waals surface area contributed by atoms with Crippen LogP contribution in [0.5, 0.6) is 5.75 Å². The van der Waals surface area contributed by atoms with Crippen LogP contribution in [0.2, 0.25) is 0 Å². The first-order valence-corrected chi connectivity index (χ1v) is 12.8. The Kier molecular flexibility index (Phi) is 8.58. The molecule has 8 nitrogen and oxygen atoms in total. The summed E-state index contributed by atoms with van der Waals surface area (Å²) in [7, 11) is 1.98. The van der Waals surface area contributed by atoms with Gasteiger partial charge in [-0.05, 0) is 32.5 Å². The summed E-state index contributed by atoms with van der Waals surface area (Å²) in [5.41, 5.74) is 0.0575. The van der Waals surface area contributed by atoms with E-state index < -0.39 is 29.8 Å². The smallest absolute Gasteiger partial charge is 0.451 e. The summed E-state index contributed by atoms with van der Waals surface area (Å²) in [6.07, 6.45) is -0.536. The number of carbonyl (C=O) groups excluding carboxylic acids is 1. The summed E-state index contributed by atoms with van der Waals surface area (Å²) in [5.74, 6) is -2.58. The number of alkyl halides is 3. The summed E-state index contributed by atoms with van der Waals surface area (Å²) < 4.78 is 65.6. The van der Waals surface area contributed by atoms with Gasteiger partial charge in [0.15, 0.2) is 0 Å². The van der Waals surface area contributed by atoms with Crippen LogP contribution in [0.3, 0.4) is 0 Å². The van der Waals surface area contributed by atoms with Gasteiger partial charge in [0.25, 0.3) is 5.91 Å². The number of nitrogens with one attached hydrogen (secondary N) is 1. The molecule has 1 unspecified atom stereocenters. The average Bonchev–Trinajstić information content (AvgIpc) is 3.37. The van der Waals surface area contributed by atoms with E-state index >= 15 is 4.39 Å². The number of hydrogen-bond acceptors (Lipinski definition) is 8. The maximum Gasteiger partial charge on any atom is 0.451 e. The third kappa shape index (κ3) is 6.63. The van der Waals surface area contributed by atoms with Gasteiger partial charge in [-0.3, -0.25) is 4.79 Å². The van der Waals surface area contributed by atoms with Crippen LogP contribution in [0.1, 0.15) is 46.5 Å². The van der Waals surface area contributed by atoms with E-state index in [9.17, 15) is 18.0 Å². The zero-order valence-electron chi connectivity index (χ0n) is 21.0. The number of amides is 1. The number of nitrogens with zero attached hydrogens (tertiary/aromatic N) is 4. The van der Waals surface area contributed by atoms with Gasteiger partial charge in [0.1, 0.15) is 29.3 Å². The minimum absolute atomic E-state index is 0.115. The van der Waals surface area contributed by atoms with Crippen LogP contribution in [-0.4, -0.2) is 65.2 Å². The van der Waals surface area contributed by atoms with Crippen molar-refractivity contribution in [2.45, 2.75) is 38.6 Å². The molecule has 38 heavy (non-hydrogen) atoms. The Bertz CT molecular complexity index is 1270. The number of carbonyl (C=O) groups is 1. The lowest BCUT2D eigenvalue weighted by Crippen LogP contribution is -2.42. The molecule has 13 heteroatoms. The predicted molar refractivity (Wildman–Crippen MR) is 133 cm³/mol. The number of benzene rings is 1. The van der Waals surface area contributed by atoms with Crippen molar-refractivity contribution < 1.29 is 31.8 Å². The van der Waals surface area contributed by atoms with Gasteiger partial charge in [-0.15, -0.1) is 11.3 Å². The summed E-state index contributed by atoms with van der Waals surface area (Å²) in [5, 5.41) is 3.00. The third-order valence-electron chi connectivity index (χ3n) is 5.97. The van der Waals surface area contributed by atoms with E-state index in [0.29, 0.717) is 18.2 Å². The molecule has 1 aliphatic heterocycles. The second kappa shape index (κ2) is 11.7. The van der Waals surface area contributed by atoms with Gasteiger partial charge in [0.2, 0.25) is 5.82 Å². The highest BCUT2D eigenvalue weighted by Crippen LogP contribution is 2.33. The van der Waals surface area contributed by atoms with Crippen molar-refractivity contribution in [3.8, 4) is 16.3 Å². The van der Waals surface area contributed by atoms with E-state index in [0.717, 1.165) is 30.2 Å². The first-order chi connectivity index (χ1) is 18.0. The van der Waals surface area contributed by atoms with Gasteiger partial charge in [-0.25, -0.2) is 19.3 Å². The standard InChI is InChI=1S/C25H27F4N5O3S/c1-4-18-11-30-23(38-18)20-8-16(37-13-17-12-34(3)5-6-36-17)7-19(21(20)26)22(35)33-14(2)15-9-31-24(32-10-15)25(27,28)29/h7-11,14,17H,4-6,12-13H2,1-3H3,(H,33,35)/t14?,17-/m1/s1. The van der Waals surface area contributed by atoms with Gasteiger partial charge in [0, 0.05) is 42.1 Å². The molecule has 2 aromatic heterocycles. The minimum atomic E-state index is -4.68. The SMILES string of the molecule is CCc1cnc(-c2cc(OC[C@H]3CN(C)CCO3)cc(C(=O)NC(C)c3cnc(C(F)(F)F)nc3)c2F)s1. The number of aryl methyl sites for hydroxylation is 1. The summed E-state index contributed by atoms with van der Waals surface area (Å²) in [4.78, 5) is 27.1. The normalized spacial score (nSPS) is 17.3. The second-order valence-corrected chi connectivity index (χ2v) is 10.0. The second-order valence-electron chi connectivity index (χ2n) is 8.92. The number of thiazole rings is 1. The highest BCUT2D eigenvalue weighted by atomic mass is 32.1. The topological polar surface area (TPSA) is 89.5 Å². The van der Waals surface area contributed by atoms with E-state index in [-0.39, 0.29) is 35.2 Å². The Labute approximate surface area is 221 Å². The van der Waals surface area contributed by atoms with Crippen molar-refractivity contribution in [2.75, 3.05) is 33.4 Å². The molecule has 0 aliphatic carbocycles. The zero-order valence-corrected chi connectivity index (χ0v) is 21.8. The predicted octanol–water partition coefficient (Wildman–Crippen LogP) is 4.52. The van der Waals surface area contributed by atoms with Crippen LogP contribution in [0, 0.1) is 5.82 Å². The molecule has 1 amide bonds.